The smallest absolute Gasteiger partial charge is 0.295 e. The minimum absolute atomic E-state index is 0.0850. The molecule has 35 heavy (non-hydrogen) atoms. The van der Waals surface area contributed by atoms with E-state index in [1.165, 1.54) is 23.1 Å². The first-order valence-electron chi connectivity index (χ1n) is 10.9. The Morgan fingerprint density at radius 1 is 1.06 bits per heavy atom. The first kappa shape index (κ1) is 22.0. The average Bonchev–Trinajstić information content (AvgIpc) is 3.32. The fourth-order valence-corrected chi connectivity index (χ4v) is 4.50. The van der Waals surface area contributed by atoms with E-state index in [0.717, 1.165) is 5.56 Å². The van der Waals surface area contributed by atoms with Crippen molar-refractivity contribution in [1.29, 1.82) is 0 Å². The summed E-state index contributed by atoms with van der Waals surface area (Å²) >= 11 is 0. The molecule has 1 fully saturated rings. The van der Waals surface area contributed by atoms with Gasteiger partial charge >= 0.3 is 0 Å². The molecule has 2 aromatic carbocycles. The Hall–Kier alpha value is -4.79. The van der Waals surface area contributed by atoms with Crippen LogP contribution in [0.5, 0.6) is 0 Å². The van der Waals surface area contributed by atoms with Crippen LogP contribution in [0.2, 0.25) is 0 Å². The highest BCUT2D eigenvalue weighted by Gasteiger charge is 2.46. The van der Waals surface area contributed by atoms with E-state index in [2.05, 4.69) is 4.98 Å². The van der Waals surface area contributed by atoms with Gasteiger partial charge in [0.1, 0.15) is 11.3 Å². The molecule has 174 valence electrons. The minimum Gasteiger partial charge on any atom is -0.505 e. The van der Waals surface area contributed by atoms with Crippen molar-refractivity contribution in [3.8, 4) is 0 Å². The Morgan fingerprint density at radius 3 is 2.54 bits per heavy atom. The molecule has 1 amide bonds. The summed E-state index contributed by atoms with van der Waals surface area (Å²) in [5.41, 5.74) is 2.13. The fourth-order valence-electron chi connectivity index (χ4n) is 4.50. The molecule has 5 rings (SSSR count). The number of amides is 1. The van der Waals surface area contributed by atoms with E-state index in [1.807, 2.05) is 30.3 Å². The average molecular weight is 468 g/mol. The number of aromatic nitrogens is 2. The number of rotatable bonds is 5. The molecule has 9 heteroatoms. The molecule has 1 aliphatic heterocycles. The Kier molecular flexibility index (Phi) is 5.37. The Balaban J connectivity index is 1.74. The number of aliphatic hydroxyl groups excluding tert-OH is 1. The maximum atomic E-state index is 13.3. The second-order valence-corrected chi connectivity index (χ2v) is 8.24. The number of aliphatic hydroxyl groups is 1. The van der Waals surface area contributed by atoms with Gasteiger partial charge in [-0.05, 0) is 30.2 Å². The van der Waals surface area contributed by atoms with Gasteiger partial charge in [-0.15, -0.1) is 0 Å². The molecule has 4 aromatic rings. The molecule has 1 unspecified atom stereocenters. The van der Waals surface area contributed by atoms with E-state index in [9.17, 15) is 24.8 Å². The van der Waals surface area contributed by atoms with Crippen LogP contribution in [-0.2, 0) is 16.1 Å². The lowest BCUT2D eigenvalue weighted by Gasteiger charge is -2.25. The lowest BCUT2D eigenvalue weighted by Crippen LogP contribution is -2.29. The van der Waals surface area contributed by atoms with Crippen LogP contribution < -0.4 is 0 Å². The number of carbonyl (C=O) groups is 2. The van der Waals surface area contributed by atoms with Gasteiger partial charge in [-0.1, -0.05) is 48.5 Å². The number of hydrogen-bond donors (Lipinski definition) is 1. The Bertz CT molecular complexity index is 1520. The molecule has 3 heterocycles. The van der Waals surface area contributed by atoms with E-state index >= 15 is 0 Å². The number of pyridine rings is 1. The van der Waals surface area contributed by atoms with Crippen molar-refractivity contribution < 1.29 is 19.6 Å². The van der Waals surface area contributed by atoms with Crippen LogP contribution in [-0.4, -0.2) is 36.0 Å². The summed E-state index contributed by atoms with van der Waals surface area (Å²) in [5, 5.41) is 22.9. The lowest BCUT2D eigenvalue weighted by molar-refractivity contribution is -0.384. The molecule has 0 radical (unpaired) electrons. The number of likely N-dealkylation sites (tertiary alicyclic amines) is 1. The van der Waals surface area contributed by atoms with Crippen LogP contribution in [0.1, 0.15) is 28.6 Å². The van der Waals surface area contributed by atoms with Crippen molar-refractivity contribution >= 4 is 28.8 Å². The van der Waals surface area contributed by atoms with Gasteiger partial charge in [0.15, 0.2) is 5.76 Å². The third kappa shape index (κ3) is 3.72. The highest BCUT2D eigenvalue weighted by Crippen LogP contribution is 2.41. The molecule has 9 nitrogen and oxygen atoms in total. The number of benzene rings is 2. The Labute approximate surface area is 199 Å². The summed E-state index contributed by atoms with van der Waals surface area (Å²) in [4.78, 5) is 43.2. The number of hydrogen-bond acceptors (Lipinski definition) is 6. The highest BCUT2D eigenvalue weighted by molar-refractivity contribution is 6.46. The van der Waals surface area contributed by atoms with Gasteiger partial charge in [-0.2, -0.15) is 0 Å². The van der Waals surface area contributed by atoms with Gasteiger partial charge in [0.2, 0.25) is 0 Å². The topological polar surface area (TPSA) is 118 Å². The first-order chi connectivity index (χ1) is 16.9. The normalized spacial score (nSPS) is 17.3. The zero-order valence-corrected chi connectivity index (χ0v) is 18.7. The molecule has 0 saturated carbocycles. The first-order valence-corrected chi connectivity index (χ1v) is 10.9. The van der Waals surface area contributed by atoms with Crippen molar-refractivity contribution in [3.63, 3.8) is 0 Å². The third-order valence-corrected chi connectivity index (χ3v) is 6.06. The van der Waals surface area contributed by atoms with Crippen molar-refractivity contribution in [1.82, 2.24) is 14.3 Å². The summed E-state index contributed by atoms with van der Waals surface area (Å²) in [6.07, 6.45) is 1.70. The standard InChI is InChI=1S/C26H20N4O5/c1-16-22(28-13-6-5-12-20(28)27-16)24(31)21-23(18-10-7-11-19(14-18)30(34)35)29(26(33)25(21)32)15-17-8-3-2-4-9-17/h2-14,23,31H,15H2,1H3/b24-21+. The zero-order chi connectivity index (χ0) is 24.7. The van der Waals surface area contributed by atoms with Gasteiger partial charge in [0, 0.05) is 24.9 Å². The number of nitro groups is 1. The summed E-state index contributed by atoms with van der Waals surface area (Å²) in [6, 6.07) is 19.2. The molecular formula is C26H20N4O5. The van der Waals surface area contributed by atoms with E-state index in [-0.39, 0.29) is 29.3 Å². The molecule has 1 atom stereocenters. The maximum Gasteiger partial charge on any atom is 0.295 e. The molecule has 2 aromatic heterocycles. The predicted octanol–water partition coefficient (Wildman–Crippen LogP) is 4.17. The predicted molar refractivity (Wildman–Crippen MR) is 127 cm³/mol. The van der Waals surface area contributed by atoms with Crippen LogP contribution >= 0.6 is 0 Å². The summed E-state index contributed by atoms with van der Waals surface area (Å²) in [6.45, 7) is 1.78. The molecule has 0 spiro atoms. The highest BCUT2D eigenvalue weighted by atomic mass is 16.6. The van der Waals surface area contributed by atoms with Crippen molar-refractivity contribution in [2.75, 3.05) is 0 Å². The van der Waals surface area contributed by atoms with Crippen LogP contribution in [0, 0.1) is 17.0 Å². The second kappa shape index (κ2) is 8.53. The van der Waals surface area contributed by atoms with Crippen LogP contribution in [0.3, 0.4) is 0 Å². The summed E-state index contributed by atoms with van der Waals surface area (Å²) < 4.78 is 1.64. The van der Waals surface area contributed by atoms with Gasteiger partial charge in [-0.25, -0.2) is 4.98 Å². The van der Waals surface area contributed by atoms with E-state index in [1.54, 1.807) is 41.8 Å². The number of carbonyl (C=O) groups excluding carboxylic acids is 2. The Morgan fingerprint density at radius 2 is 1.80 bits per heavy atom. The SMILES string of the molecule is Cc1nc2ccccn2c1/C(O)=C1\C(=O)C(=O)N(Cc2ccccc2)C1c1cccc([N+](=O)[O-])c1. The van der Waals surface area contributed by atoms with Crippen molar-refractivity contribution in [2.24, 2.45) is 0 Å². The van der Waals surface area contributed by atoms with Gasteiger partial charge < -0.3 is 10.0 Å². The van der Waals surface area contributed by atoms with Crippen molar-refractivity contribution in [2.45, 2.75) is 19.5 Å². The number of fused-ring (bicyclic) bond motifs is 1. The molecule has 0 aliphatic carbocycles. The van der Waals surface area contributed by atoms with Crippen LogP contribution in [0.25, 0.3) is 11.4 Å². The number of Topliss-reactive ketones (excluding diaryl/α,β-unsaturated/α-hetero) is 1. The minimum atomic E-state index is -1.02. The number of aryl methyl sites for hydroxylation is 1. The largest absolute Gasteiger partial charge is 0.505 e. The molecule has 1 saturated heterocycles. The molecule has 0 bridgehead atoms. The van der Waals surface area contributed by atoms with Gasteiger partial charge in [0.25, 0.3) is 17.4 Å². The van der Waals surface area contributed by atoms with Crippen LogP contribution in [0.15, 0.2) is 84.6 Å². The molecule has 1 aliphatic rings. The van der Waals surface area contributed by atoms with Gasteiger partial charge in [-0.3, -0.25) is 24.1 Å². The van der Waals surface area contributed by atoms with E-state index < -0.39 is 22.7 Å². The number of non-ortho nitro benzene ring substituents is 1. The fraction of sp³-hybridized carbons (Fsp3) is 0.115. The summed E-state index contributed by atoms with van der Waals surface area (Å²) in [7, 11) is 0. The number of imidazole rings is 1. The zero-order valence-electron chi connectivity index (χ0n) is 18.7. The van der Waals surface area contributed by atoms with Crippen molar-refractivity contribution in [3.05, 3.63) is 117 Å². The van der Waals surface area contributed by atoms with E-state index in [4.69, 9.17) is 0 Å². The number of nitrogens with zero attached hydrogens (tertiary/aromatic N) is 4. The van der Waals surface area contributed by atoms with E-state index in [0.29, 0.717) is 16.9 Å². The lowest BCUT2D eigenvalue weighted by atomic mass is 9.95. The number of nitro benzene ring substituents is 1. The maximum absolute atomic E-state index is 13.3. The van der Waals surface area contributed by atoms with Crippen LogP contribution in [0.4, 0.5) is 5.69 Å². The third-order valence-electron chi connectivity index (χ3n) is 6.06. The molecule has 1 N–H and O–H groups in total. The quantitative estimate of drug-likeness (QED) is 0.154. The van der Waals surface area contributed by atoms with Gasteiger partial charge in [0.05, 0.1) is 22.2 Å². The monoisotopic (exact) mass is 468 g/mol. The number of ketones is 1. The second-order valence-electron chi connectivity index (χ2n) is 8.24. The molecular weight excluding hydrogens is 448 g/mol. The summed E-state index contributed by atoms with van der Waals surface area (Å²) in [5.74, 6) is -2.04.